The molecule has 0 N–H and O–H groups in total. The van der Waals surface area contributed by atoms with Gasteiger partial charge in [0.1, 0.15) is 5.69 Å². The van der Waals surface area contributed by atoms with Crippen LogP contribution in [0.15, 0.2) is 42.7 Å². The molecule has 0 unspecified atom stereocenters. The number of hydrogen-bond donors (Lipinski definition) is 0. The maximum absolute atomic E-state index is 6.21. The van der Waals surface area contributed by atoms with Crippen LogP contribution in [-0.4, -0.2) is 25.8 Å². The van der Waals surface area contributed by atoms with E-state index in [1.54, 1.807) is 20.5 Å². The highest BCUT2D eigenvalue weighted by atomic mass is 16.8. The fraction of sp³-hybridized carbons (Fsp3) is 0.389. The smallest absolute Gasteiger partial charge is 0.261 e. The summed E-state index contributed by atoms with van der Waals surface area (Å²) in [7, 11) is 3.32. The third-order valence-corrected chi connectivity index (χ3v) is 4.50. The lowest BCUT2D eigenvalue weighted by atomic mass is 9.90. The molecule has 0 radical (unpaired) electrons. The molecule has 120 valence electrons. The Hall–Kier alpha value is -1.95. The van der Waals surface area contributed by atoms with Gasteiger partial charge in [0.05, 0.1) is 24.3 Å². The van der Waals surface area contributed by atoms with Crippen LogP contribution in [0.5, 0.6) is 0 Å². The molecule has 2 aromatic rings. The first kappa shape index (κ1) is 14.6. The molecular weight excluding hydrogens is 294 g/mol. The predicted molar refractivity (Wildman–Crippen MR) is 84.5 cm³/mol. The van der Waals surface area contributed by atoms with Crippen molar-refractivity contribution < 1.29 is 18.9 Å². The second-order valence-corrected chi connectivity index (χ2v) is 5.85. The van der Waals surface area contributed by atoms with E-state index in [9.17, 15) is 0 Å². The Kier molecular flexibility index (Phi) is 3.56. The molecule has 0 saturated heterocycles. The zero-order valence-corrected chi connectivity index (χ0v) is 13.2. The molecule has 3 atom stereocenters. The first-order chi connectivity index (χ1) is 11.3. The zero-order valence-electron chi connectivity index (χ0n) is 13.2. The first-order valence-corrected chi connectivity index (χ1v) is 7.71. The SMILES string of the molecule is COC[C@@H]1CC=CO[C@@]12O[C@@H](OC)c1cc3ccccc3nc12. The molecule has 1 spiro atoms. The highest BCUT2D eigenvalue weighted by Gasteiger charge is 2.55. The molecule has 0 fully saturated rings. The molecule has 5 heteroatoms. The molecule has 0 bridgehead atoms. The van der Waals surface area contributed by atoms with Crippen molar-refractivity contribution in [2.24, 2.45) is 5.92 Å². The zero-order chi connectivity index (χ0) is 15.9. The van der Waals surface area contributed by atoms with Crippen molar-refractivity contribution in [2.75, 3.05) is 20.8 Å². The maximum atomic E-state index is 6.21. The number of hydrogen-bond acceptors (Lipinski definition) is 5. The summed E-state index contributed by atoms with van der Waals surface area (Å²) in [6, 6.07) is 10.1. The van der Waals surface area contributed by atoms with Crippen LogP contribution in [0.25, 0.3) is 10.9 Å². The molecule has 4 rings (SSSR count). The van der Waals surface area contributed by atoms with E-state index in [4.69, 9.17) is 23.9 Å². The summed E-state index contributed by atoms with van der Waals surface area (Å²) in [4.78, 5) is 4.84. The summed E-state index contributed by atoms with van der Waals surface area (Å²) in [6.45, 7) is 0.523. The molecular formula is C18H19NO4. The molecule has 1 aromatic carbocycles. The second-order valence-electron chi connectivity index (χ2n) is 5.85. The minimum Gasteiger partial charge on any atom is -0.464 e. The van der Waals surface area contributed by atoms with Crippen LogP contribution >= 0.6 is 0 Å². The Balaban J connectivity index is 1.91. The third-order valence-electron chi connectivity index (χ3n) is 4.50. The number of pyridine rings is 1. The largest absolute Gasteiger partial charge is 0.464 e. The fourth-order valence-corrected chi connectivity index (χ4v) is 3.42. The van der Waals surface area contributed by atoms with Gasteiger partial charge in [0.15, 0.2) is 6.29 Å². The number of rotatable bonds is 3. The van der Waals surface area contributed by atoms with Gasteiger partial charge in [-0.25, -0.2) is 4.98 Å². The van der Waals surface area contributed by atoms with Gasteiger partial charge in [-0.1, -0.05) is 18.2 Å². The summed E-state index contributed by atoms with van der Waals surface area (Å²) >= 11 is 0. The van der Waals surface area contributed by atoms with Crippen molar-refractivity contribution in [3.63, 3.8) is 0 Å². The van der Waals surface area contributed by atoms with Gasteiger partial charge in [0, 0.05) is 25.2 Å². The van der Waals surface area contributed by atoms with E-state index in [1.165, 1.54) is 0 Å². The lowest BCUT2D eigenvalue weighted by molar-refractivity contribution is -0.312. The van der Waals surface area contributed by atoms with Crippen molar-refractivity contribution >= 4 is 10.9 Å². The summed E-state index contributed by atoms with van der Waals surface area (Å²) in [5.74, 6) is -0.935. The predicted octanol–water partition coefficient (Wildman–Crippen LogP) is 3.26. The Morgan fingerprint density at radius 3 is 3.00 bits per heavy atom. The first-order valence-electron chi connectivity index (χ1n) is 7.71. The van der Waals surface area contributed by atoms with Crippen LogP contribution in [0.2, 0.25) is 0 Å². The van der Waals surface area contributed by atoms with Crippen LogP contribution in [0, 0.1) is 5.92 Å². The van der Waals surface area contributed by atoms with Gasteiger partial charge in [-0.15, -0.1) is 0 Å². The summed E-state index contributed by atoms with van der Waals surface area (Å²) in [5.41, 5.74) is 2.62. The van der Waals surface area contributed by atoms with E-state index in [2.05, 4.69) is 6.07 Å². The minimum absolute atomic E-state index is 0.0186. The molecule has 2 aliphatic heterocycles. The highest BCUT2D eigenvalue weighted by Crippen LogP contribution is 2.51. The fourth-order valence-electron chi connectivity index (χ4n) is 3.42. The van der Waals surface area contributed by atoms with E-state index in [0.29, 0.717) is 6.61 Å². The summed E-state index contributed by atoms with van der Waals surface area (Å²) in [5, 5.41) is 1.06. The van der Waals surface area contributed by atoms with Gasteiger partial charge in [0.25, 0.3) is 5.79 Å². The lowest BCUT2D eigenvalue weighted by Crippen LogP contribution is -2.41. The Labute approximate surface area is 134 Å². The van der Waals surface area contributed by atoms with Gasteiger partial charge < -0.3 is 18.9 Å². The second kappa shape index (κ2) is 5.60. The van der Waals surface area contributed by atoms with Gasteiger partial charge in [0.2, 0.25) is 0 Å². The van der Waals surface area contributed by atoms with Crippen molar-refractivity contribution in [3.8, 4) is 0 Å². The monoisotopic (exact) mass is 313 g/mol. The van der Waals surface area contributed by atoms with E-state index in [0.717, 1.165) is 28.6 Å². The molecule has 5 nitrogen and oxygen atoms in total. The number of ether oxygens (including phenoxy) is 4. The Morgan fingerprint density at radius 1 is 1.30 bits per heavy atom. The molecule has 0 aliphatic carbocycles. The molecule has 1 aromatic heterocycles. The Bertz CT molecular complexity index is 760. The number of para-hydroxylation sites is 1. The molecule has 2 aliphatic rings. The number of methoxy groups -OCH3 is 2. The molecule has 23 heavy (non-hydrogen) atoms. The highest BCUT2D eigenvalue weighted by molar-refractivity contribution is 5.79. The lowest BCUT2D eigenvalue weighted by Gasteiger charge is -2.37. The quantitative estimate of drug-likeness (QED) is 0.870. The number of benzene rings is 1. The van der Waals surface area contributed by atoms with E-state index >= 15 is 0 Å². The number of nitrogens with zero attached hydrogens (tertiary/aromatic N) is 1. The van der Waals surface area contributed by atoms with E-state index in [-0.39, 0.29) is 5.92 Å². The number of allylic oxidation sites excluding steroid dienone is 1. The molecule has 3 heterocycles. The normalized spacial score (nSPS) is 29.0. The average molecular weight is 313 g/mol. The van der Waals surface area contributed by atoms with Crippen LogP contribution in [0.3, 0.4) is 0 Å². The van der Waals surface area contributed by atoms with Crippen LogP contribution in [-0.2, 0) is 24.7 Å². The van der Waals surface area contributed by atoms with E-state index in [1.807, 2.05) is 30.3 Å². The summed E-state index contributed by atoms with van der Waals surface area (Å²) < 4.78 is 23.1. The number of aromatic nitrogens is 1. The van der Waals surface area contributed by atoms with Gasteiger partial charge in [-0.2, -0.15) is 0 Å². The van der Waals surface area contributed by atoms with Gasteiger partial charge >= 0.3 is 0 Å². The van der Waals surface area contributed by atoms with Crippen LogP contribution in [0.4, 0.5) is 0 Å². The molecule has 0 amide bonds. The average Bonchev–Trinajstić information content (AvgIpc) is 2.89. The standard InChI is InChI=1S/C18H19NO4/c1-20-11-13-7-5-9-22-18(13)16-14(17(21-2)23-18)10-12-6-3-4-8-15(12)19-16/h3-6,8-10,13,17H,7,11H2,1-2H3/t13-,17+,18+/m0/s1. The van der Waals surface area contributed by atoms with Crippen molar-refractivity contribution in [3.05, 3.63) is 53.9 Å². The minimum atomic E-state index is -0.954. The van der Waals surface area contributed by atoms with Crippen LogP contribution in [0.1, 0.15) is 24.0 Å². The molecule has 0 saturated carbocycles. The third kappa shape index (κ3) is 2.16. The van der Waals surface area contributed by atoms with Gasteiger partial charge in [-0.05, 0) is 24.6 Å². The van der Waals surface area contributed by atoms with Crippen LogP contribution < -0.4 is 0 Å². The summed E-state index contributed by atoms with van der Waals surface area (Å²) in [6.07, 6.45) is 3.98. The van der Waals surface area contributed by atoms with Crippen molar-refractivity contribution in [1.82, 2.24) is 4.98 Å². The maximum Gasteiger partial charge on any atom is 0.261 e. The topological polar surface area (TPSA) is 49.8 Å². The van der Waals surface area contributed by atoms with Crippen molar-refractivity contribution in [1.29, 1.82) is 0 Å². The number of fused-ring (bicyclic) bond motifs is 3. The van der Waals surface area contributed by atoms with Gasteiger partial charge in [-0.3, -0.25) is 0 Å². The van der Waals surface area contributed by atoms with E-state index < -0.39 is 12.1 Å². The van der Waals surface area contributed by atoms with Crippen molar-refractivity contribution in [2.45, 2.75) is 18.5 Å². The Morgan fingerprint density at radius 2 is 2.17 bits per heavy atom.